The fraction of sp³-hybridized carbons (Fsp3) is 0.684. The van der Waals surface area contributed by atoms with Gasteiger partial charge in [0.1, 0.15) is 0 Å². The highest BCUT2D eigenvalue weighted by Crippen LogP contribution is 2.70. The molecule has 0 radical (unpaired) electrons. The molecule has 0 aliphatic heterocycles. The van der Waals surface area contributed by atoms with Crippen LogP contribution in [0.3, 0.4) is 0 Å². The maximum absolute atomic E-state index is 2.56. The van der Waals surface area contributed by atoms with Gasteiger partial charge in [-0.05, 0) is 61.6 Å². The van der Waals surface area contributed by atoms with Crippen LogP contribution < -0.4 is 0 Å². The van der Waals surface area contributed by atoms with Gasteiger partial charge < -0.3 is 4.90 Å². The van der Waals surface area contributed by atoms with E-state index in [1.165, 1.54) is 24.8 Å². The molecule has 2 heteroatoms. The van der Waals surface area contributed by atoms with Crippen molar-refractivity contribution in [2.24, 2.45) is 22.7 Å². The van der Waals surface area contributed by atoms with Crippen LogP contribution in [0.5, 0.6) is 0 Å². The highest BCUT2D eigenvalue weighted by molar-refractivity contribution is 5.85. The Labute approximate surface area is 136 Å². The molecule has 4 atom stereocenters. The van der Waals surface area contributed by atoms with Crippen LogP contribution in [-0.2, 0) is 0 Å². The van der Waals surface area contributed by atoms with E-state index in [-0.39, 0.29) is 12.4 Å². The van der Waals surface area contributed by atoms with Crippen LogP contribution in [0.1, 0.15) is 51.6 Å². The summed E-state index contributed by atoms with van der Waals surface area (Å²) < 4.78 is 0. The van der Waals surface area contributed by atoms with Gasteiger partial charge in [-0.1, -0.05) is 51.1 Å². The van der Waals surface area contributed by atoms with Crippen molar-refractivity contribution in [1.82, 2.24) is 4.90 Å². The van der Waals surface area contributed by atoms with E-state index in [1.807, 2.05) is 0 Å². The molecule has 0 amide bonds. The van der Waals surface area contributed by atoms with Crippen LogP contribution in [0.25, 0.3) is 0 Å². The monoisotopic (exact) mass is 307 g/mol. The van der Waals surface area contributed by atoms with E-state index in [2.05, 4.69) is 70.1 Å². The van der Waals surface area contributed by atoms with Crippen LogP contribution >= 0.6 is 12.4 Å². The number of benzene rings is 1. The molecule has 21 heavy (non-hydrogen) atoms. The van der Waals surface area contributed by atoms with E-state index in [9.17, 15) is 0 Å². The molecule has 0 aromatic heterocycles. The molecule has 0 N–H and O–H groups in total. The van der Waals surface area contributed by atoms with Gasteiger partial charge in [-0.25, -0.2) is 0 Å². The topological polar surface area (TPSA) is 3.24 Å². The minimum absolute atomic E-state index is 0. The lowest BCUT2D eigenvalue weighted by Gasteiger charge is -2.45. The van der Waals surface area contributed by atoms with E-state index in [1.54, 1.807) is 0 Å². The first-order valence-electron chi connectivity index (χ1n) is 8.09. The number of hydrogen-bond acceptors (Lipinski definition) is 1. The van der Waals surface area contributed by atoms with Crippen LogP contribution in [0, 0.1) is 22.7 Å². The average Bonchev–Trinajstić information content (AvgIpc) is 2.73. The molecule has 0 saturated heterocycles. The lowest BCUT2D eigenvalue weighted by Crippen LogP contribution is -2.39. The summed E-state index contributed by atoms with van der Waals surface area (Å²) in [5, 5.41) is 0. The molecule has 2 aliphatic rings. The number of rotatable bonds is 3. The Morgan fingerprint density at radius 2 is 1.71 bits per heavy atom. The standard InChI is InChI=1S/C19H29N.ClH/c1-18(2)15-11-12-19(18,3)16(13-15)17(20(4)5)14-9-7-6-8-10-14;/h6-10,15-17H,11-13H2,1-5H3;1H. The number of fused-ring (bicyclic) bond motifs is 2. The van der Waals surface area contributed by atoms with Crippen molar-refractivity contribution < 1.29 is 0 Å². The molecule has 2 bridgehead atoms. The first kappa shape index (κ1) is 16.8. The van der Waals surface area contributed by atoms with Gasteiger partial charge in [-0.15, -0.1) is 12.4 Å². The summed E-state index contributed by atoms with van der Waals surface area (Å²) in [7, 11) is 4.50. The molecule has 1 aromatic carbocycles. The highest BCUT2D eigenvalue weighted by Gasteiger charge is 2.62. The number of halogens is 1. The van der Waals surface area contributed by atoms with Crippen molar-refractivity contribution in [3.63, 3.8) is 0 Å². The van der Waals surface area contributed by atoms with E-state index < -0.39 is 0 Å². The van der Waals surface area contributed by atoms with Crippen LogP contribution in [0.2, 0.25) is 0 Å². The lowest BCUT2D eigenvalue weighted by atomic mass is 9.64. The Bertz CT molecular complexity index is 482. The number of hydrogen-bond donors (Lipinski definition) is 0. The molecule has 2 aliphatic carbocycles. The lowest BCUT2D eigenvalue weighted by molar-refractivity contribution is 0.0474. The molecule has 0 spiro atoms. The van der Waals surface area contributed by atoms with Crippen molar-refractivity contribution in [3.05, 3.63) is 35.9 Å². The Kier molecular flexibility index (Phi) is 4.48. The van der Waals surface area contributed by atoms with Gasteiger partial charge in [0, 0.05) is 6.04 Å². The van der Waals surface area contributed by atoms with Gasteiger partial charge in [0.15, 0.2) is 0 Å². The van der Waals surface area contributed by atoms with Gasteiger partial charge in [-0.3, -0.25) is 0 Å². The Morgan fingerprint density at radius 1 is 1.10 bits per heavy atom. The second kappa shape index (κ2) is 5.59. The Morgan fingerprint density at radius 3 is 2.14 bits per heavy atom. The Hall–Kier alpha value is -0.530. The zero-order valence-corrected chi connectivity index (χ0v) is 14.9. The predicted molar refractivity (Wildman–Crippen MR) is 92.8 cm³/mol. The van der Waals surface area contributed by atoms with Crippen molar-refractivity contribution in [1.29, 1.82) is 0 Å². The molecule has 2 fully saturated rings. The summed E-state index contributed by atoms with van der Waals surface area (Å²) in [6.45, 7) is 7.59. The SMILES string of the molecule is CN(C)C(c1ccccc1)C1CC2CCC1(C)C2(C)C.Cl. The normalized spacial score (nSPS) is 34.8. The second-order valence-electron chi connectivity index (χ2n) is 8.04. The van der Waals surface area contributed by atoms with Gasteiger partial charge in [0.2, 0.25) is 0 Å². The van der Waals surface area contributed by atoms with E-state index >= 15 is 0 Å². The summed E-state index contributed by atoms with van der Waals surface area (Å²) in [5.41, 5.74) is 2.48. The van der Waals surface area contributed by atoms with Gasteiger partial charge >= 0.3 is 0 Å². The maximum atomic E-state index is 2.56. The minimum Gasteiger partial charge on any atom is -0.302 e. The molecule has 1 aromatic rings. The predicted octanol–water partition coefficient (Wildman–Crippen LogP) is 5.17. The molecule has 0 heterocycles. The molecule has 2 saturated carbocycles. The Balaban J connectivity index is 0.00000161. The first-order chi connectivity index (χ1) is 9.38. The van der Waals surface area contributed by atoms with E-state index in [4.69, 9.17) is 0 Å². The summed E-state index contributed by atoms with van der Waals surface area (Å²) in [6, 6.07) is 11.7. The molecule has 3 rings (SSSR count). The zero-order chi connectivity index (χ0) is 14.5. The van der Waals surface area contributed by atoms with Crippen LogP contribution in [0.15, 0.2) is 30.3 Å². The van der Waals surface area contributed by atoms with Crippen molar-refractivity contribution in [2.75, 3.05) is 14.1 Å². The quantitative estimate of drug-likeness (QED) is 0.744. The molecular formula is C19H30ClN. The van der Waals surface area contributed by atoms with Crippen molar-refractivity contribution in [2.45, 2.75) is 46.1 Å². The van der Waals surface area contributed by atoms with Gasteiger partial charge in [0.25, 0.3) is 0 Å². The van der Waals surface area contributed by atoms with Crippen molar-refractivity contribution >= 4 is 12.4 Å². The third-order valence-corrected chi connectivity index (χ3v) is 6.94. The van der Waals surface area contributed by atoms with Gasteiger partial charge in [-0.2, -0.15) is 0 Å². The first-order valence-corrected chi connectivity index (χ1v) is 8.09. The zero-order valence-electron chi connectivity index (χ0n) is 14.1. The summed E-state index contributed by atoms with van der Waals surface area (Å²) >= 11 is 0. The van der Waals surface area contributed by atoms with Crippen LogP contribution in [0.4, 0.5) is 0 Å². The molecule has 4 unspecified atom stereocenters. The minimum atomic E-state index is 0. The third kappa shape index (κ3) is 2.33. The fourth-order valence-electron chi connectivity index (χ4n) is 5.28. The second-order valence-corrected chi connectivity index (χ2v) is 8.04. The van der Waals surface area contributed by atoms with E-state index in [0.29, 0.717) is 16.9 Å². The summed E-state index contributed by atoms with van der Waals surface area (Å²) in [6.07, 6.45) is 4.25. The molecule has 118 valence electrons. The fourth-order valence-corrected chi connectivity index (χ4v) is 5.28. The smallest absolute Gasteiger partial charge is 0.0375 e. The van der Waals surface area contributed by atoms with Gasteiger partial charge in [0.05, 0.1) is 0 Å². The summed E-state index contributed by atoms with van der Waals surface area (Å²) in [5.74, 6) is 1.71. The third-order valence-electron chi connectivity index (χ3n) is 6.94. The van der Waals surface area contributed by atoms with Crippen molar-refractivity contribution in [3.8, 4) is 0 Å². The van der Waals surface area contributed by atoms with Crippen LogP contribution in [-0.4, -0.2) is 19.0 Å². The average molecular weight is 308 g/mol. The highest BCUT2D eigenvalue weighted by atomic mass is 35.5. The largest absolute Gasteiger partial charge is 0.302 e. The van der Waals surface area contributed by atoms with E-state index in [0.717, 1.165) is 11.8 Å². The number of nitrogens with zero attached hydrogens (tertiary/aromatic N) is 1. The molecule has 1 nitrogen and oxygen atoms in total. The summed E-state index contributed by atoms with van der Waals surface area (Å²) in [4.78, 5) is 2.45. The molecular weight excluding hydrogens is 278 g/mol. The maximum Gasteiger partial charge on any atom is 0.0375 e.